The SMILES string of the molecule is COC(=O)NC(C(=O)N1CC2(CC1c1ncc(-c3ccc(-c4ccc5cc(-c6cnc(C7CCCN7C(=O)C(NC(=O)OC)C7CCOCC7)[nH]6)ccc5c4)cc3)[nH]1)OCCO2)c1ccccc1. The number of fused-ring (bicyclic) bond motifs is 1. The molecule has 4 aliphatic heterocycles. The third-order valence-electron chi connectivity index (χ3n) is 13.7. The number of methoxy groups -OCH3 is 2. The number of carbonyl (C=O) groups is 4. The first-order valence-corrected chi connectivity index (χ1v) is 23.1. The molecule has 17 heteroatoms. The molecule has 4 unspecified atom stereocenters. The predicted molar refractivity (Wildman–Crippen MR) is 250 cm³/mol. The van der Waals surface area contributed by atoms with Crippen LogP contribution in [-0.4, -0.2) is 119 Å². The summed E-state index contributed by atoms with van der Waals surface area (Å²) in [5, 5.41) is 7.69. The highest BCUT2D eigenvalue weighted by molar-refractivity contribution is 5.91. The number of amides is 4. The van der Waals surface area contributed by atoms with E-state index in [0.29, 0.717) is 63.6 Å². The Balaban J connectivity index is 0.831. The van der Waals surface area contributed by atoms with Gasteiger partial charge in [-0.1, -0.05) is 78.9 Å². The van der Waals surface area contributed by atoms with Gasteiger partial charge in [-0.3, -0.25) is 9.59 Å². The van der Waals surface area contributed by atoms with Crippen LogP contribution in [-0.2, 0) is 33.3 Å². The van der Waals surface area contributed by atoms with Crippen LogP contribution in [0, 0.1) is 5.92 Å². The summed E-state index contributed by atoms with van der Waals surface area (Å²) in [6.45, 7) is 2.70. The fourth-order valence-electron chi connectivity index (χ4n) is 10.1. The quantitative estimate of drug-likeness (QED) is 0.102. The third kappa shape index (κ3) is 9.03. The minimum Gasteiger partial charge on any atom is -0.453 e. The van der Waals surface area contributed by atoms with Crippen molar-refractivity contribution < 1.29 is 42.9 Å². The number of aromatic nitrogens is 4. The number of hydrogen-bond donors (Lipinski definition) is 4. The van der Waals surface area contributed by atoms with Crippen LogP contribution in [0.1, 0.15) is 67.4 Å². The normalized spacial score (nSPS) is 20.1. The van der Waals surface area contributed by atoms with Gasteiger partial charge in [0.1, 0.15) is 23.7 Å². The number of alkyl carbamates (subject to hydrolysis) is 2. The summed E-state index contributed by atoms with van der Waals surface area (Å²) in [6.07, 6.45) is 5.60. The van der Waals surface area contributed by atoms with Crippen LogP contribution in [0.25, 0.3) is 44.4 Å². The number of rotatable bonds is 11. The summed E-state index contributed by atoms with van der Waals surface area (Å²) in [4.78, 5) is 73.2. The summed E-state index contributed by atoms with van der Waals surface area (Å²) >= 11 is 0. The Morgan fingerprint density at radius 2 is 1.28 bits per heavy atom. The number of ether oxygens (including phenoxy) is 5. The van der Waals surface area contributed by atoms with Gasteiger partial charge in [0.15, 0.2) is 5.79 Å². The van der Waals surface area contributed by atoms with Crippen LogP contribution >= 0.6 is 0 Å². The van der Waals surface area contributed by atoms with E-state index in [1.54, 1.807) is 23.2 Å². The van der Waals surface area contributed by atoms with E-state index >= 15 is 0 Å². The number of carbonyl (C=O) groups excluding carboxylic acids is 4. The van der Waals surface area contributed by atoms with E-state index in [2.05, 4.69) is 69.1 Å². The molecule has 10 rings (SSSR count). The van der Waals surface area contributed by atoms with Gasteiger partial charge in [-0.05, 0) is 76.8 Å². The predicted octanol–water partition coefficient (Wildman–Crippen LogP) is 7.22. The number of H-pyrrole nitrogens is 2. The number of aromatic amines is 2. The highest BCUT2D eigenvalue weighted by Crippen LogP contribution is 2.44. The molecule has 0 bridgehead atoms. The number of hydrogen-bond acceptors (Lipinski definition) is 11. The maximum absolute atomic E-state index is 14.4. The van der Waals surface area contributed by atoms with Gasteiger partial charge in [-0.2, -0.15) is 0 Å². The Labute approximate surface area is 392 Å². The van der Waals surface area contributed by atoms with Gasteiger partial charge in [-0.15, -0.1) is 0 Å². The van der Waals surface area contributed by atoms with Gasteiger partial charge >= 0.3 is 12.2 Å². The first kappa shape index (κ1) is 44.7. The van der Waals surface area contributed by atoms with E-state index in [1.807, 2.05) is 41.4 Å². The Bertz CT molecular complexity index is 2780. The molecule has 4 saturated heterocycles. The Kier molecular flexibility index (Phi) is 12.7. The lowest BCUT2D eigenvalue weighted by molar-refractivity contribution is -0.153. The molecule has 4 atom stereocenters. The first-order valence-electron chi connectivity index (χ1n) is 23.1. The van der Waals surface area contributed by atoms with E-state index in [4.69, 9.17) is 33.7 Å². The second kappa shape index (κ2) is 19.3. The second-order valence-corrected chi connectivity index (χ2v) is 17.7. The molecule has 0 aliphatic carbocycles. The summed E-state index contributed by atoms with van der Waals surface area (Å²) in [5.41, 5.74) is 6.27. The zero-order valence-corrected chi connectivity index (χ0v) is 37.9. The van der Waals surface area contributed by atoms with E-state index in [-0.39, 0.29) is 30.3 Å². The first-order chi connectivity index (χ1) is 33.2. The van der Waals surface area contributed by atoms with Crippen molar-refractivity contribution in [2.45, 2.75) is 62.1 Å². The number of nitrogens with one attached hydrogen (secondary N) is 4. The molecule has 0 saturated carbocycles. The molecule has 0 radical (unpaired) electrons. The minimum atomic E-state index is -0.999. The third-order valence-corrected chi connectivity index (χ3v) is 13.7. The van der Waals surface area contributed by atoms with Crippen LogP contribution in [0.2, 0.25) is 0 Å². The zero-order valence-electron chi connectivity index (χ0n) is 37.9. The fourth-order valence-corrected chi connectivity index (χ4v) is 10.1. The maximum Gasteiger partial charge on any atom is 0.407 e. The van der Waals surface area contributed by atoms with Crippen LogP contribution in [0.5, 0.6) is 0 Å². The molecule has 4 fully saturated rings. The van der Waals surface area contributed by atoms with Crippen molar-refractivity contribution >= 4 is 34.8 Å². The average Bonchev–Trinajstić information content (AvgIpc) is 4.26. The Morgan fingerprint density at radius 1 is 0.676 bits per heavy atom. The molecule has 4 amide bonds. The lowest BCUT2D eigenvalue weighted by Crippen LogP contribution is -2.53. The molecular formula is C51H54N8O9. The number of benzene rings is 4. The molecule has 1 spiro atoms. The maximum atomic E-state index is 14.4. The molecule has 2 aromatic heterocycles. The number of nitrogens with zero attached hydrogens (tertiary/aromatic N) is 4. The molecule has 6 aromatic rings. The standard InChI is InChI=1S/C51H54N8O9/c1-64-49(62)56-43(33-7-4-3-5-8-33)48(61)59-30-51(67-23-24-68-51)27-42(59)46-53-28-39(54-46)32-12-10-31(11-13-32)35-14-15-37-26-38(17-16-36(37)25-35)40-29-52-45(55-40)41-9-6-20-58(41)47(60)44(57-50(63)65-2)34-18-21-66-22-19-34/h3-5,7-8,10-17,25-26,28-29,34,41-44H,6,9,18-24,27,30H2,1-2H3,(H,52,55)(H,53,54)(H,56,62)(H,57,63). The molecule has 352 valence electrons. The highest BCUT2D eigenvalue weighted by atomic mass is 16.7. The van der Waals surface area contributed by atoms with E-state index in [0.717, 1.165) is 63.1 Å². The highest BCUT2D eigenvalue weighted by Gasteiger charge is 2.53. The van der Waals surface area contributed by atoms with E-state index in [9.17, 15) is 19.2 Å². The molecule has 4 aromatic carbocycles. The zero-order chi connectivity index (χ0) is 46.8. The lowest BCUT2D eigenvalue weighted by atomic mass is 9.90. The molecular weight excluding hydrogens is 869 g/mol. The van der Waals surface area contributed by atoms with E-state index in [1.165, 1.54) is 14.2 Å². The lowest BCUT2D eigenvalue weighted by Gasteiger charge is -2.34. The largest absolute Gasteiger partial charge is 0.453 e. The molecule has 68 heavy (non-hydrogen) atoms. The van der Waals surface area contributed by atoms with Crippen molar-refractivity contribution in [3.63, 3.8) is 0 Å². The van der Waals surface area contributed by atoms with Gasteiger partial charge < -0.3 is 54.1 Å². The number of likely N-dealkylation sites (tertiary alicyclic amines) is 2. The molecule has 4 aliphatic rings. The van der Waals surface area contributed by atoms with Crippen LogP contribution in [0.4, 0.5) is 9.59 Å². The summed E-state index contributed by atoms with van der Waals surface area (Å²) < 4.78 is 27.5. The smallest absolute Gasteiger partial charge is 0.407 e. The monoisotopic (exact) mass is 922 g/mol. The van der Waals surface area contributed by atoms with Gasteiger partial charge in [0, 0.05) is 31.7 Å². The van der Waals surface area contributed by atoms with Crippen molar-refractivity contribution in [1.82, 2.24) is 40.4 Å². The van der Waals surface area contributed by atoms with Crippen molar-refractivity contribution in [2.75, 3.05) is 53.7 Å². The Morgan fingerprint density at radius 3 is 1.97 bits per heavy atom. The van der Waals surface area contributed by atoms with Crippen LogP contribution in [0.3, 0.4) is 0 Å². The van der Waals surface area contributed by atoms with Crippen molar-refractivity contribution in [1.29, 1.82) is 0 Å². The van der Waals surface area contributed by atoms with E-state index < -0.39 is 36.1 Å². The second-order valence-electron chi connectivity index (χ2n) is 17.7. The van der Waals surface area contributed by atoms with Crippen LogP contribution in [0.15, 0.2) is 103 Å². The average molecular weight is 923 g/mol. The number of imidazole rings is 2. The van der Waals surface area contributed by atoms with Crippen molar-refractivity contribution in [3.8, 4) is 33.6 Å². The van der Waals surface area contributed by atoms with Crippen molar-refractivity contribution in [3.05, 3.63) is 121 Å². The minimum absolute atomic E-state index is 0.0375. The summed E-state index contributed by atoms with van der Waals surface area (Å²) in [6, 6.07) is 27.6. The molecule has 4 N–H and O–H groups in total. The van der Waals surface area contributed by atoms with Crippen LogP contribution < -0.4 is 10.6 Å². The molecule has 6 heterocycles. The van der Waals surface area contributed by atoms with Gasteiger partial charge in [-0.25, -0.2) is 19.6 Å². The Hall–Kier alpha value is -7.08. The van der Waals surface area contributed by atoms with Crippen molar-refractivity contribution in [2.24, 2.45) is 5.92 Å². The summed E-state index contributed by atoms with van der Waals surface area (Å²) in [5.74, 6) is -0.165. The molecule has 17 nitrogen and oxygen atoms in total. The van der Waals surface area contributed by atoms with Gasteiger partial charge in [0.25, 0.3) is 5.91 Å². The summed E-state index contributed by atoms with van der Waals surface area (Å²) in [7, 11) is 2.57. The topological polar surface area (TPSA) is 202 Å². The van der Waals surface area contributed by atoms with Gasteiger partial charge in [0.05, 0.1) is 69.8 Å². The fraction of sp³-hybridized carbons (Fsp3) is 0.373. The van der Waals surface area contributed by atoms with Gasteiger partial charge in [0.2, 0.25) is 5.91 Å².